The topological polar surface area (TPSA) is 34.9 Å². The van der Waals surface area contributed by atoms with Crippen LogP contribution < -0.4 is 0 Å². The lowest BCUT2D eigenvalue weighted by Crippen LogP contribution is -2.09. The molecule has 0 saturated carbocycles. The lowest BCUT2D eigenvalue weighted by Gasteiger charge is -2.04. The van der Waals surface area contributed by atoms with Gasteiger partial charge in [0, 0.05) is 19.4 Å². The quantitative estimate of drug-likeness (QED) is 0.771. The highest BCUT2D eigenvalue weighted by molar-refractivity contribution is 6.31. The molecular weight excluding hydrogens is 200 g/mol. The molecule has 1 aromatic heterocycles. The third-order valence-electron chi connectivity index (χ3n) is 2.26. The fourth-order valence-electron chi connectivity index (χ4n) is 1.25. The number of halogens is 1. The zero-order valence-electron chi connectivity index (χ0n) is 8.75. The van der Waals surface area contributed by atoms with Gasteiger partial charge in [-0.05, 0) is 6.42 Å². The molecule has 0 bridgehead atoms. The number of aromatic nitrogens is 2. The van der Waals surface area contributed by atoms with Gasteiger partial charge in [-0.1, -0.05) is 25.4 Å². The summed E-state index contributed by atoms with van der Waals surface area (Å²) >= 11 is 5.91. The lowest BCUT2D eigenvalue weighted by molar-refractivity contribution is -0.121. The fourth-order valence-corrected chi connectivity index (χ4v) is 1.51. The molecular formula is C10H15ClN2O. The van der Waals surface area contributed by atoms with Crippen molar-refractivity contribution in [2.75, 3.05) is 0 Å². The van der Waals surface area contributed by atoms with E-state index >= 15 is 0 Å². The van der Waals surface area contributed by atoms with E-state index in [0.29, 0.717) is 17.9 Å². The molecule has 0 saturated heterocycles. The van der Waals surface area contributed by atoms with Crippen LogP contribution in [0.3, 0.4) is 0 Å². The van der Waals surface area contributed by atoms with Crippen LogP contribution in [0.25, 0.3) is 0 Å². The highest BCUT2D eigenvalue weighted by Crippen LogP contribution is 2.16. The summed E-state index contributed by atoms with van der Waals surface area (Å²) < 4.78 is 1.72. The van der Waals surface area contributed by atoms with Crippen LogP contribution in [0.5, 0.6) is 0 Å². The van der Waals surface area contributed by atoms with Crippen LogP contribution in [0.2, 0.25) is 5.02 Å². The molecule has 0 amide bonds. The largest absolute Gasteiger partial charge is 0.299 e. The van der Waals surface area contributed by atoms with E-state index in [0.717, 1.165) is 5.69 Å². The van der Waals surface area contributed by atoms with Crippen LogP contribution in [0.1, 0.15) is 26.0 Å². The van der Waals surface area contributed by atoms with Gasteiger partial charge in [0.05, 0.1) is 16.9 Å². The minimum Gasteiger partial charge on any atom is -0.299 e. The number of aryl methyl sites for hydroxylation is 1. The molecule has 14 heavy (non-hydrogen) atoms. The summed E-state index contributed by atoms with van der Waals surface area (Å²) in [5.41, 5.74) is 0.931. The number of Topliss-reactive ketones (excluding diaryl/α,β-unsaturated/α-hetero) is 1. The maximum atomic E-state index is 11.4. The number of hydrogen-bond acceptors (Lipinski definition) is 2. The molecule has 0 aliphatic rings. The first-order valence-electron chi connectivity index (χ1n) is 4.71. The average molecular weight is 215 g/mol. The van der Waals surface area contributed by atoms with Crippen molar-refractivity contribution in [2.45, 2.75) is 26.7 Å². The zero-order valence-corrected chi connectivity index (χ0v) is 9.51. The van der Waals surface area contributed by atoms with E-state index in [1.165, 1.54) is 0 Å². The molecule has 1 heterocycles. The minimum absolute atomic E-state index is 0.0991. The second kappa shape index (κ2) is 4.60. The fraction of sp³-hybridized carbons (Fsp3) is 0.600. The molecule has 4 heteroatoms. The lowest BCUT2D eigenvalue weighted by atomic mass is 10.0. The summed E-state index contributed by atoms with van der Waals surface area (Å²) in [6.07, 6.45) is 2.82. The Hall–Kier alpha value is -0.830. The van der Waals surface area contributed by atoms with E-state index in [2.05, 4.69) is 5.10 Å². The van der Waals surface area contributed by atoms with Crippen molar-refractivity contribution in [1.82, 2.24) is 9.78 Å². The van der Waals surface area contributed by atoms with Crippen LogP contribution >= 0.6 is 11.6 Å². The molecule has 1 aromatic rings. The van der Waals surface area contributed by atoms with Crippen molar-refractivity contribution in [3.05, 3.63) is 16.9 Å². The van der Waals surface area contributed by atoms with E-state index in [4.69, 9.17) is 11.6 Å². The predicted molar refractivity (Wildman–Crippen MR) is 56.4 cm³/mol. The molecule has 0 spiro atoms. The number of hydrogen-bond donors (Lipinski definition) is 0. The molecule has 0 atom stereocenters. The molecule has 0 N–H and O–H groups in total. The second-order valence-corrected chi connectivity index (χ2v) is 4.09. The molecule has 0 aliphatic carbocycles. The standard InChI is InChI=1S/C10H15ClN2O/c1-7(2)10(14)5-4-9-8(11)6-12-13(9)3/h6-7H,4-5H2,1-3H3. The second-order valence-electron chi connectivity index (χ2n) is 3.68. The molecule has 78 valence electrons. The van der Waals surface area contributed by atoms with E-state index in [-0.39, 0.29) is 11.7 Å². The van der Waals surface area contributed by atoms with Gasteiger partial charge >= 0.3 is 0 Å². The van der Waals surface area contributed by atoms with Crippen molar-refractivity contribution in [3.8, 4) is 0 Å². The smallest absolute Gasteiger partial charge is 0.135 e. The molecule has 0 fully saturated rings. The van der Waals surface area contributed by atoms with E-state index in [1.807, 2.05) is 20.9 Å². The number of ketones is 1. The molecule has 3 nitrogen and oxygen atoms in total. The Morgan fingerprint density at radius 2 is 2.29 bits per heavy atom. The first kappa shape index (κ1) is 11.2. The summed E-state index contributed by atoms with van der Waals surface area (Å²) in [5, 5.41) is 4.66. The van der Waals surface area contributed by atoms with Gasteiger partial charge in [0.2, 0.25) is 0 Å². The monoisotopic (exact) mass is 214 g/mol. The van der Waals surface area contributed by atoms with Gasteiger partial charge in [-0.3, -0.25) is 9.48 Å². The van der Waals surface area contributed by atoms with Crippen molar-refractivity contribution in [3.63, 3.8) is 0 Å². The summed E-state index contributed by atoms with van der Waals surface area (Å²) in [4.78, 5) is 11.4. The third-order valence-corrected chi connectivity index (χ3v) is 2.58. The van der Waals surface area contributed by atoms with Crippen LogP contribution in [-0.4, -0.2) is 15.6 Å². The van der Waals surface area contributed by atoms with Crippen molar-refractivity contribution < 1.29 is 4.79 Å². The Labute approximate surface area is 89.1 Å². The van der Waals surface area contributed by atoms with Gasteiger partial charge < -0.3 is 0 Å². The van der Waals surface area contributed by atoms with Crippen molar-refractivity contribution in [1.29, 1.82) is 0 Å². The third kappa shape index (κ3) is 2.58. The van der Waals surface area contributed by atoms with Crippen LogP contribution in [0.15, 0.2) is 6.20 Å². The van der Waals surface area contributed by atoms with Gasteiger partial charge in [0.15, 0.2) is 0 Å². The zero-order chi connectivity index (χ0) is 10.7. The maximum Gasteiger partial charge on any atom is 0.135 e. The van der Waals surface area contributed by atoms with Crippen molar-refractivity contribution in [2.24, 2.45) is 13.0 Å². The van der Waals surface area contributed by atoms with Gasteiger partial charge in [-0.15, -0.1) is 0 Å². The Morgan fingerprint density at radius 3 is 2.71 bits per heavy atom. The molecule has 0 unspecified atom stereocenters. The Morgan fingerprint density at radius 1 is 1.64 bits per heavy atom. The molecule has 0 radical (unpaired) electrons. The van der Waals surface area contributed by atoms with Crippen LogP contribution in [0.4, 0.5) is 0 Å². The SMILES string of the molecule is CC(C)C(=O)CCc1c(Cl)cnn1C. The number of nitrogens with zero attached hydrogens (tertiary/aromatic N) is 2. The minimum atomic E-state index is 0.0991. The summed E-state index contributed by atoms with van der Waals surface area (Å²) in [5.74, 6) is 0.365. The van der Waals surface area contributed by atoms with Gasteiger partial charge in [0.25, 0.3) is 0 Å². The van der Waals surface area contributed by atoms with Crippen molar-refractivity contribution >= 4 is 17.4 Å². The summed E-state index contributed by atoms with van der Waals surface area (Å²) in [6.45, 7) is 3.82. The molecule has 1 rings (SSSR count). The van der Waals surface area contributed by atoms with Gasteiger partial charge in [-0.25, -0.2) is 0 Å². The number of carbonyl (C=O) groups is 1. The average Bonchev–Trinajstić information content (AvgIpc) is 2.43. The maximum absolute atomic E-state index is 11.4. The Bertz CT molecular complexity index is 311. The molecule has 0 aliphatic heterocycles. The van der Waals surface area contributed by atoms with E-state index in [1.54, 1.807) is 10.9 Å². The predicted octanol–water partition coefficient (Wildman–Crippen LogP) is 2.23. The highest BCUT2D eigenvalue weighted by Gasteiger charge is 2.11. The van der Waals surface area contributed by atoms with Gasteiger partial charge in [-0.2, -0.15) is 5.10 Å². The van der Waals surface area contributed by atoms with Crippen LogP contribution in [0, 0.1) is 5.92 Å². The van der Waals surface area contributed by atoms with Crippen LogP contribution in [-0.2, 0) is 18.3 Å². The first-order chi connectivity index (χ1) is 6.52. The van der Waals surface area contributed by atoms with Gasteiger partial charge in [0.1, 0.15) is 5.78 Å². The Balaban J connectivity index is 2.58. The molecule has 0 aromatic carbocycles. The first-order valence-corrected chi connectivity index (χ1v) is 5.09. The normalized spacial score (nSPS) is 10.9. The highest BCUT2D eigenvalue weighted by atomic mass is 35.5. The van der Waals surface area contributed by atoms with E-state index in [9.17, 15) is 4.79 Å². The number of carbonyl (C=O) groups excluding carboxylic acids is 1. The summed E-state index contributed by atoms with van der Waals surface area (Å²) in [6, 6.07) is 0. The summed E-state index contributed by atoms with van der Waals surface area (Å²) in [7, 11) is 1.83. The van der Waals surface area contributed by atoms with E-state index < -0.39 is 0 Å². The Kier molecular flexibility index (Phi) is 3.69. The number of rotatable bonds is 4.